The zero-order valence-electron chi connectivity index (χ0n) is 15.5. The molecule has 0 bridgehead atoms. The summed E-state index contributed by atoms with van der Waals surface area (Å²) in [7, 11) is 0. The van der Waals surface area contributed by atoms with E-state index in [1.54, 1.807) is 17.6 Å². The Morgan fingerprint density at radius 3 is 2.79 bits per heavy atom. The Labute approximate surface area is 168 Å². The number of benzene rings is 1. The lowest BCUT2D eigenvalue weighted by atomic mass is 10.1. The maximum atomic E-state index is 12.8. The molecule has 1 N–H and O–H groups in total. The molecule has 4 rings (SSSR count). The monoisotopic (exact) mass is 391 g/mol. The first kappa shape index (κ1) is 18.5. The van der Waals surface area contributed by atoms with Gasteiger partial charge in [0, 0.05) is 11.4 Å². The lowest BCUT2D eigenvalue weighted by Crippen LogP contribution is -2.32. The van der Waals surface area contributed by atoms with Crippen LogP contribution in [0.2, 0.25) is 0 Å². The van der Waals surface area contributed by atoms with Crippen LogP contribution >= 0.6 is 11.3 Å². The predicted octanol–water partition coefficient (Wildman–Crippen LogP) is 4.34. The average Bonchev–Trinajstić information content (AvgIpc) is 3.40. The zero-order chi connectivity index (χ0) is 19.3. The van der Waals surface area contributed by atoms with E-state index < -0.39 is 0 Å². The second kappa shape index (κ2) is 8.42. The van der Waals surface area contributed by atoms with Gasteiger partial charge in [-0.25, -0.2) is 0 Å². The van der Waals surface area contributed by atoms with Gasteiger partial charge < -0.3 is 9.73 Å². The number of nitriles is 1. The van der Waals surface area contributed by atoms with E-state index in [2.05, 4.69) is 11.4 Å². The molecule has 6 heteroatoms. The number of nitrogens with zero attached hydrogens (tertiary/aromatic N) is 2. The van der Waals surface area contributed by atoms with Crippen molar-refractivity contribution in [3.63, 3.8) is 0 Å². The number of thiophene rings is 1. The number of amides is 1. The third-order valence-electron chi connectivity index (χ3n) is 4.86. The largest absolute Gasteiger partial charge is 0.468 e. The maximum absolute atomic E-state index is 12.8. The number of fused-ring (bicyclic) bond motifs is 1. The molecular formula is C22H21N3O2S. The fraction of sp³-hybridized carbons (Fsp3) is 0.273. The molecule has 0 radical (unpaired) electrons. The van der Waals surface area contributed by atoms with Crippen LogP contribution in [-0.4, -0.2) is 17.4 Å². The van der Waals surface area contributed by atoms with Crippen molar-refractivity contribution in [2.45, 2.75) is 32.4 Å². The van der Waals surface area contributed by atoms with Gasteiger partial charge in [-0.3, -0.25) is 9.69 Å². The fourth-order valence-corrected chi connectivity index (χ4v) is 4.87. The van der Waals surface area contributed by atoms with Crippen molar-refractivity contribution in [2.24, 2.45) is 0 Å². The van der Waals surface area contributed by atoms with E-state index >= 15 is 0 Å². The molecule has 0 saturated carbocycles. The minimum absolute atomic E-state index is 0.112. The number of anilines is 1. The molecule has 1 aliphatic rings. The molecule has 0 unspecified atom stereocenters. The molecule has 0 fully saturated rings. The summed E-state index contributed by atoms with van der Waals surface area (Å²) in [6, 6.07) is 16.1. The topological polar surface area (TPSA) is 69.3 Å². The summed E-state index contributed by atoms with van der Waals surface area (Å²) in [6.45, 7) is 1.41. The number of rotatable bonds is 7. The highest BCUT2D eigenvalue weighted by atomic mass is 32.1. The van der Waals surface area contributed by atoms with Crippen LogP contribution in [0.15, 0.2) is 53.1 Å². The van der Waals surface area contributed by atoms with Gasteiger partial charge >= 0.3 is 0 Å². The van der Waals surface area contributed by atoms with Crippen molar-refractivity contribution in [1.82, 2.24) is 4.90 Å². The molecule has 0 atom stereocenters. The van der Waals surface area contributed by atoms with Crippen molar-refractivity contribution in [3.05, 3.63) is 76.1 Å². The molecule has 1 aromatic carbocycles. The molecule has 0 saturated heterocycles. The molecule has 2 aromatic heterocycles. The number of carbonyl (C=O) groups excluding carboxylic acids is 1. The Hall–Kier alpha value is -2.88. The number of carbonyl (C=O) groups is 1. The van der Waals surface area contributed by atoms with Crippen LogP contribution < -0.4 is 5.32 Å². The number of hydrogen-bond donors (Lipinski definition) is 1. The van der Waals surface area contributed by atoms with Crippen LogP contribution in [0.4, 0.5) is 5.00 Å². The van der Waals surface area contributed by atoms with Gasteiger partial charge in [0.1, 0.15) is 16.8 Å². The summed E-state index contributed by atoms with van der Waals surface area (Å²) in [4.78, 5) is 16.0. The lowest BCUT2D eigenvalue weighted by Gasteiger charge is -2.20. The summed E-state index contributed by atoms with van der Waals surface area (Å²) >= 11 is 1.55. The third-order valence-corrected chi connectivity index (χ3v) is 6.07. The van der Waals surface area contributed by atoms with E-state index in [1.165, 1.54) is 4.88 Å². The highest BCUT2D eigenvalue weighted by Crippen LogP contribution is 2.38. The fourth-order valence-electron chi connectivity index (χ4n) is 3.61. The van der Waals surface area contributed by atoms with Gasteiger partial charge in [-0.05, 0) is 42.5 Å². The highest BCUT2D eigenvalue weighted by Gasteiger charge is 2.23. The first-order valence-electron chi connectivity index (χ1n) is 9.36. The third kappa shape index (κ3) is 4.16. The molecule has 3 aromatic rings. The first-order valence-corrected chi connectivity index (χ1v) is 10.2. The van der Waals surface area contributed by atoms with E-state index in [1.807, 2.05) is 47.4 Å². The molecule has 142 valence electrons. The van der Waals surface area contributed by atoms with Crippen molar-refractivity contribution in [2.75, 3.05) is 11.9 Å². The Bertz CT molecular complexity index is 987. The van der Waals surface area contributed by atoms with E-state index in [-0.39, 0.29) is 12.5 Å². The Balaban J connectivity index is 1.47. The highest BCUT2D eigenvalue weighted by molar-refractivity contribution is 7.16. The van der Waals surface area contributed by atoms with E-state index in [0.29, 0.717) is 23.7 Å². The van der Waals surface area contributed by atoms with Gasteiger partial charge in [0.2, 0.25) is 5.91 Å². The van der Waals surface area contributed by atoms with Gasteiger partial charge in [-0.15, -0.1) is 11.3 Å². The SMILES string of the molecule is N#Cc1c(NC(=O)CN(Cc2ccccc2)Cc2ccco2)sc2c1CCC2. The lowest BCUT2D eigenvalue weighted by molar-refractivity contribution is -0.117. The summed E-state index contributed by atoms with van der Waals surface area (Å²) in [6.07, 6.45) is 4.67. The molecule has 0 aliphatic heterocycles. The molecule has 1 amide bonds. The first-order chi connectivity index (χ1) is 13.7. The molecule has 1 aliphatic carbocycles. The standard InChI is InChI=1S/C22H21N3O2S/c23-12-19-18-9-4-10-20(18)28-22(19)24-21(26)15-25(14-17-8-5-11-27-17)13-16-6-2-1-3-7-16/h1-3,5-8,11H,4,9-10,13-15H2,(H,24,26). The Morgan fingerprint density at radius 1 is 1.18 bits per heavy atom. The van der Waals surface area contributed by atoms with Gasteiger partial charge in [0.25, 0.3) is 0 Å². The average molecular weight is 391 g/mol. The predicted molar refractivity (Wildman–Crippen MR) is 109 cm³/mol. The second-order valence-corrected chi connectivity index (χ2v) is 8.04. The minimum atomic E-state index is -0.112. The summed E-state index contributed by atoms with van der Waals surface area (Å²) in [5.74, 6) is 0.704. The maximum Gasteiger partial charge on any atom is 0.239 e. The molecule has 0 spiro atoms. The number of hydrogen-bond acceptors (Lipinski definition) is 5. The van der Waals surface area contributed by atoms with Gasteiger partial charge in [-0.1, -0.05) is 30.3 Å². The second-order valence-electron chi connectivity index (χ2n) is 6.93. The van der Waals surface area contributed by atoms with Crippen LogP contribution in [0.25, 0.3) is 0 Å². The van der Waals surface area contributed by atoms with Crippen LogP contribution in [0.5, 0.6) is 0 Å². The zero-order valence-corrected chi connectivity index (χ0v) is 16.3. The van der Waals surface area contributed by atoms with Crippen LogP contribution in [-0.2, 0) is 30.7 Å². The van der Waals surface area contributed by atoms with E-state index in [9.17, 15) is 10.1 Å². The van der Waals surface area contributed by atoms with Gasteiger partial charge in [-0.2, -0.15) is 5.26 Å². The summed E-state index contributed by atoms with van der Waals surface area (Å²) in [5.41, 5.74) is 2.90. The van der Waals surface area contributed by atoms with Gasteiger partial charge in [0.05, 0.1) is 24.9 Å². The molecule has 2 heterocycles. The Kier molecular flexibility index (Phi) is 5.56. The van der Waals surface area contributed by atoms with Crippen LogP contribution in [0.3, 0.4) is 0 Å². The van der Waals surface area contributed by atoms with Crippen LogP contribution in [0, 0.1) is 11.3 Å². The number of furan rings is 1. The summed E-state index contributed by atoms with van der Waals surface area (Å²) in [5, 5.41) is 13.2. The van der Waals surface area contributed by atoms with E-state index in [0.717, 1.165) is 36.1 Å². The molecule has 28 heavy (non-hydrogen) atoms. The van der Waals surface area contributed by atoms with Gasteiger partial charge in [0.15, 0.2) is 0 Å². The van der Waals surface area contributed by atoms with Crippen molar-refractivity contribution >= 4 is 22.2 Å². The van der Waals surface area contributed by atoms with Crippen molar-refractivity contribution in [1.29, 1.82) is 5.26 Å². The number of nitrogens with one attached hydrogen (secondary N) is 1. The molecular weight excluding hydrogens is 370 g/mol. The summed E-state index contributed by atoms with van der Waals surface area (Å²) < 4.78 is 5.46. The van der Waals surface area contributed by atoms with Crippen LogP contribution in [0.1, 0.15) is 33.7 Å². The van der Waals surface area contributed by atoms with Crippen molar-refractivity contribution < 1.29 is 9.21 Å². The van der Waals surface area contributed by atoms with Crippen molar-refractivity contribution in [3.8, 4) is 6.07 Å². The minimum Gasteiger partial charge on any atom is -0.468 e. The molecule has 5 nitrogen and oxygen atoms in total. The van der Waals surface area contributed by atoms with E-state index in [4.69, 9.17) is 4.42 Å². The number of aryl methyl sites for hydroxylation is 1. The Morgan fingerprint density at radius 2 is 2.04 bits per heavy atom. The normalized spacial score (nSPS) is 12.7. The quantitative estimate of drug-likeness (QED) is 0.650. The smallest absolute Gasteiger partial charge is 0.239 e.